The Hall–Kier alpha value is -2.65. The van der Waals surface area contributed by atoms with E-state index in [1.54, 1.807) is 19.1 Å². The number of aromatic nitrogens is 1. The molecule has 1 amide bonds. The van der Waals surface area contributed by atoms with Gasteiger partial charge in [-0.3, -0.25) is 9.69 Å². The van der Waals surface area contributed by atoms with Crippen molar-refractivity contribution in [1.29, 1.82) is 0 Å². The number of anilines is 1. The predicted molar refractivity (Wildman–Crippen MR) is 80.5 cm³/mol. The smallest absolute Gasteiger partial charge is 0.340 e. The molecule has 6 heteroatoms. The minimum atomic E-state index is -1.10. The first-order chi connectivity index (χ1) is 10.0. The van der Waals surface area contributed by atoms with Crippen LogP contribution in [0.1, 0.15) is 21.6 Å². The summed E-state index contributed by atoms with van der Waals surface area (Å²) in [6.07, 6.45) is 0. The van der Waals surface area contributed by atoms with E-state index >= 15 is 0 Å². The molecule has 0 atom stereocenters. The van der Waals surface area contributed by atoms with Gasteiger partial charge in [-0.15, -0.1) is 0 Å². The normalized spacial score (nSPS) is 9.62. The molecule has 1 heterocycles. The minimum absolute atomic E-state index is 0.0392. The van der Waals surface area contributed by atoms with Crippen molar-refractivity contribution < 1.29 is 14.7 Å². The van der Waals surface area contributed by atoms with Crippen LogP contribution in [0.5, 0.6) is 0 Å². The van der Waals surface area contributed by atoms with E-state index < -0.39 is 11.9 Å². The van der Waals surface area contributed by atoms with Gasteiger partial charge in [-0.1, -0.05) is 24.1 Å². The molecule has 0 saturated carbocycles. The summed E-state index contributed by atoms with van der Waals surface area (Å²) in [4.78, 5) is 24.5. The van der Waals surface area contributed by atoms with Crippen molar-refractivity contribution in [2.24, 2.45) is 0 Å². The minimum Gasteiger partial charge on any atom is -0.478 e. The Bertz CT molecular complexity index is 741. The molecular formula is C15H12N2O3S. The Balaban J connectivity index is 2.25. The Morgan fingerprint density at radius 1 is 1.29 bits per heavy atom. The summed E-state index contributed by atoms with van der Waals surface area (Å²) in [5.41, 5.74) is 1.15. The molecule has 5 nitrogen and oxygen atoms in total. The summed E-state index contributed by atoms with van der Waals surface area (Å²) >= 11 is 0.969. The molecule has 0 bridgehead atoms. The van der Waals surface area contributed by atoms with Crippen molar-refractivity contribution in [2.75, 3.05) is 11.9 Å². The molecule has 106 valence electrons. The molecule has 0 radical (unpaired) electrons. The van der Waals surface area contributed by atoms with Crippen LogP contribution in [-0.4, -0.2) is 28.4 Å². The standard InChI is InChI=1S/C15H12N2O3S/c1-10-13(15(19)20)14(21-16-10)17(2)12(18)9-8-11-6-4-3-5-7-11/h3-7H,1-2H3,(H,19,20). The first kappa shape index (κ1) is 14.8. The summed E-state index contributed by atoms with van der Waals surface area (Å²) < 4.78 is 3.98. The molecule has 21 heavy (non-hydrogen) atoms. The monoisotopic (exact) mass is 300 g/mol. The number of hydrogen-bond donors (Lipinski definition) is 1. The highest BCUT2D eigenvalue weighted by Gasteiger charge is 2.23. The van der Waals surface area contributed by atoms with E-state index in [0.717, 1.165) is 17.1 Å². The van der Waals surface area contributed by atoms with Crippen molar-refractivity contribution >= 4 is 28.4 Å². The van der Waals surface area contributed by atoms with E-state index in [-0.39, 0.29) is 10.6 Å². The number of rotatable bonds is 2. The van der Waals surface area contributed by atoms with Gasteiger partial charge in [0, 0.05) is 18.5 Å². The van der Waals surface area contributed by atoms with Crippen molar-refractivity contribution in [2.45, 2.75) is 6.92 Å². The predicted octanol–water partition coefficient (Wildman–Crippen LogP) is 2.16. The number of benzene rings is 1. The highest BCUT2D eigenvalue weighted by atomic mass is 32.1. The quantitative estimate of drug-likeness (QED) is 0.863. The molecule has 0 saturated heterocycles. The van der Waals surface area contributed by atoms with E-state index in [1.165, 1.54) is 11.9 Å². The fraction of sp³-hybridized carbons (Fsp3) is 0.133. The van der Waals surface area contributed by atoms with Crippen LogP contribution in [0.3, 0.4) is 0 Å². The van der Waals surface area contributed by atoms with E-state index in [1.807, 2.05) is 18.2 Å². The number of carboxylic acid groups (broad SMARTS) is 1. The van der Waals surface area contributed by atoms with E-state index in [9.17, 15) is 9.59 Å². The zero-order valence-electron chi connectivity index (χ0n) is 11.5. The van der Waals surface area contributed by atoms with Gasteiger partial charge in [0.1, 0.15) is 10.6 Å². The lowest BCUT2D eigenvalue weighted by Crippen LogP contribution is -2.25. The first-order valence-electron chi connectivity index (χ1n) is 6.05. The maximum Gasteiger partial charge on any atom is 0.340 e. The third kappa shape index (κ3) is 3.27. The van der Waals surface area contributed by atoms with Gasteiger partial charge in [0.25, 0.3) is 0 Å². The summed E-state index contributed by atoms with van der Waals surface area (Å²) in [6, 6.07) is 9.10. The molecule has 0 aliphatic heterocycles. The maximum absolute atomic E-state index is 12.0. The van der Waals surface area contributed by atoms with Crippen LogP contribution in [0, 0.1) is 18.8 Å². The number of nitrogens with zero attached hydrogens (tertiary/aromatic N) is 2. The average molecular weight is 300 g/mol. The number of carbonyl (C=O) groups is 2. The van der Waals surface area contributed by atoms with Gasteiger partial charge < -0.3 is 5.11 Å². The molecule has 0 spiro atoms. The third-order valence-corrected chi connectivity index (χ3v) is 3.77. The maximum atomic E-state index is 12.0. The lowest BCUT2D eigenvalue weighted by molar-refractivity contribution is -0.113. The Morgan fingerprint density at radius 2 is 1.95 bits per heavy atom. The van der Waals surface area contributed by atoms with Crippen LogP contribution in [0.15, 0.2) is 30.3 Å². The lowest BCUT2D eigenvalue weighted by atomic mass is 10.2. The number of hydrogen-bond acceptors (Lipinski definition) is 4. The van der Waals surface area contributed by atoms with Gasteiger partial charge in [0.15, 0.2) is 0 Å². The molecule has 1 aromatic heterocycles. The second-order valence-corrected chi connectivity index (χ2v) is 4.99. The first-order valence-corrected chi connectivity index (χ1v) is 6.82. The summed E-state index contributed by atoms with van der Waals surface area (Å²) in [5, 5.41) is 9.45. The Kier molecular flexibility index (Phi) is 4.36. The molecule has 2 rings (SSSR count). The largest absolute Gasteiger partial charge is 0.478 e. The van der Waals surface area contributed by atoms with Gasteiger partial charge in [-0.05, 0) is 30.6 Å². The van der Waals surface area contributed by atoms with Gasteiger partial charge in [-0.25, -0.2) is 4.79 Å². The Morgan fingerprint density at radius 3 is 2.57 bits per heavy atom. The summed E-state index contributed by atoms with van der Waals surface area (Å²) in [7, 11) is 1.49. The van der Waals surface area contributed by atoms with Crippen LogP contribution >= 0.6 is 11.5 Å². The highest BCUT2D eigenvalue weighted by Crippen LogP contribution is 2.27. The zero-order valence-corrected chi connectivity index (χ0v) is 12.3. The molecule has 2 aromatic rings. The zero-order chi connectivity index (χ0) is 15.4. The molecule has 1 N–H and O–H groups in total. The van der Waals surface area contributed by atoms with Crippen LogP contribution in [0.4, 0.5) is 5.00 Å². The third-order valence-electron chi connectivity index (χ3n) is 2.76. The van der Waals surface area contributed by atoms with Crippen LogP contribution in [0.2, 0.25) is 0 Å². The molecule has 0 aliphatic rings. The number of carbonyl (C=O) groups excluding carboxylic acids is 1. The van der Waals surface area contributed by atoms with Crippen LogP contribution in [0.25, 0.3) is 0 Å². The fourth-order valence-electron chi connectivity index (χ4n) is 1.66. The topological polar surface area (TPSA) is 70.5 Å². The number of aromatic carboxylic acids is 1. The number of carboxylic acids is 1. The van der Waals surface area contributed by atoms with Crippen LogP contribution < -0.4 is 4.90 Å². The van der Waals surface area contributed by atoms with Gasteiger partial charge >= 0.3 is 11.9 Å². The SMILES string of the molecule is Cc1nsc(N(C)C(=O)C#Cc2ccccc2)c1C(=O)O. The van der Waals surface area contributed by atoms with Gasteiger partial charge in [0.05, 0.1) is 5.69 Å². The van der Waals surface area contributed by atoms with E-state index in [4.69, 9.17) is 5.11 Å². The lowest BCUT2D eigenvalue weighted by Gasteiger charge is -2.11. The Labute approximate surface area is 126 Å². The fourth-order valence-corrected chi connectivity index (χ4v) is 2.50. The van der Waals surface area contributed by atoms with Crippen molar-refractivity contribution in [1.82, 2.24) is 4.37 Å². The average Bonchev–Trinajstić information content (AvgIpc) is 2.87. The number of aryl methyl sites for hydroxylation is 1. The summed E-state index contributed by atoms with van der Waals surface area (Å²) in [6.45, 7) is 1.59. The second kappa shape index (κ2) is 6.20. The summed E-state index contributed by atoms with van der Waals surface area (Å²) in [5.74, 6) is 3.66. The van der Waals surface area contributed by atoms with Crippen molar-refractivity contribution in [3.8, 4) is 11.8 Å². The molecule has 0 fully saturated rings. The second-order valence-electron chi connectivity index (χ2n) is 4.23. The van der Waals surface area contributed by atoms with Crippen LogP contribution in [-0.2, 0) is 4.79 Å². The van der Waals surface area contributed by atoms with Crippen molar-refractivity contribution in [3.63, 3.8) is 0 Å². The van der Waals surface area contributed by atoms with E-state index in [2.05, 4.69) is 16.2 Å². The molecule has 0 unspecified atom stereocenters. The molecule has 0 aliphatic carbocycles. The number of amides is 1. The van der Waals surface area contributed by atoms with Gasteiger partial charge in [-0.2, -0.15) is 4.37 Å². The highest BCUT2D eigenvalue weighted by molar-refractivity contribution is 7.11. The van der Waals surface area contributed by atoms with E-state index in [0.29, 0.717) is 5.69 Å². The molecular weight excluding hydrogens is 288 g/mol. The van der Waals surface area contributed by atoms with Gasteiger partial charge in [0.2, 0.25) is 0 Å². The van der Waals surface area contributed by atoms with Crippen molar-refractivity contribution in [3.05, 3.63) is 47.2 Å². The molecule has 1 aromatic carbocycles.